The zero-order valence-electron chi connectivity index (χ0n) is 14.7. The van der Waals surface area contributed by atoms with Gasteiger partial charge in [-0.3, -0.25) is 14.6 Å². The fourth-order valence-electron chi connectivity index (χ4n) is 2.71. The van der Waals surface area contributed by atoms with Crippen molar-refractivity contribution in [1.29, 1.82) is 0 Å². The summed E-state index contributed by atoms with van der Waals surface area (Å²) in [5, 5.41) is 14.0. The maximum atomic E-state index is 12.2. The van der Waals surface area contributed by atoms with Gasteiger partial charge in [0.05, 0.1) is 18.4 Å². The third-order valence-corrected chi connectivity index (χ3v) is 3.93. The van der Waals surface area contributed by atoms with Gasteiger partial charge in [0.1, 0.15) is 11.5 Å². The molecule has 3 aromatic rings. The van der Waals surface area contributed by atoms with E-state index in [1.54, 1.807) is 23.1 Å². The van der Waals surface area contributed by atoms with E-state index in [0.29, 0.717) is 24.7 Å². The number of H-pyrrole nitrogens is 1. The lowest BCUT2D eigenvalue weighted by atomic mass is 10.2. The zero-order chi connectivity index (χ0) is 17.8. The number of nitrogens with zero attached hydrogens (tertiary/aromatic N) is 5. The van der Waals surface area contributed by atoms with E-state index in [1.165, 1.54) is 0 Å². The van der Waals surface area contributed by atoms with Crippen LogP contribution in [-0.2, 0) is 20.0 Å². The van der Waals surface area contributed by atoms with Crippen molar-refractivity contribution in [2.75, 3.05) is 6.54 Å². The predicted octanol–water partition coefficient (Wildman–Crippen LogP) is 1.48. The van der Waals surface area contributed by atoms with E-state index < -0.39 is 0 Å². The first-order valence-electron chi connectivity index (χ1n) is 8.34. The van der Waals surface area contributed by atoms with E-state index in [4.69, 9.17) is 0 Å². The van der Waals surface area contributed by atoms with Gasteiger partial charge < -0.3 is 9.88 Å². The van der Waals surface area contributed by atoms with Crippen LogP contribution in [0.15, 0.2) is 30.9 Å². The van der Waals surface area contributed by atoms with Crippen LogP contribution in [-0.4, -0.2) is 42.0 Å². The molecule has 3 aromatic heterocycles. The molecular formula is C17H23N7O. The van der Waals surface area contributed by atoms with Gasteiger partial charge in [-0.05, 0) is 18.1 Å². The number of carbonyl (C=O) groups excluding carboxylic acids is 1. The van der Waals surface area contributed by atoms with E-state index >= 15 is 0 Å². The summed E-state index contributed by atoms with van der Waals surface area (Å²) in [6.07, 6.45) is 8.21. The van der Waals surface area contributed by atoms with Crippen LogP contribution in [0.2, 0.25) is 0 Å². The summed E-state index contributed by atoms with van der Waals surface area (Å²) in [6.45, 7) is 5.37. The highest BCUT2D eigenvalue weighted by atomic mass is 16.1. The van der Waals surface area contributed by atoms with E-state index in [9.17, 15) is 4.79 Å². The van der Waals surface area contributed by atoms with Crippen molar-refractivity contribution >= 4 is 5.91 Å². The normalized spacial score (nSPS) is 11.2. The minimum Gasteiger partial charge on any atom is -0.350 e. The van der Waals surface area contributed by atoms with Crippen molar-refractivity contribution in [1.82, 2.24) is 34.8 Å². The molecular weight excluding hydrogens is 318 g/mol. The van der Waals surface area contributed by atoms with Gasteiger partial charge in [0.2, 0.25) is 0 Å². The number of amides is 1. The van der Waals surface area contributed by atoms with Gasteiger partial charge in [-0.15, -0.1) is 0 Å². The first kappa shape index (κ1) is 16.9. The summed E-state index contributed by atoms with van der Waals surface area (Å²) in [5.41, 5.74) is 2.36. The molecule has 0 radical (unpaired) electrons. The first-order chi connectivity index (χ1) is 12.0. The first-order valence-corrected chi connectivity index (χ1v) is 8.34. The van der Waals surface area contributed by atoms with Crippen LogP contribution in [0.5, 0.6) is 0 Å². The van der Waals surface area contributed by atoms with Gasteiger partial charge >= 0.3 is 0 Å². The number of rotatable bonds is 7. The molecule has 25 heavy (non-hydrogen) atoms. The molecule has 0 aliphatic carbocycles. The molecule has 1 amide bonds. The molecule has 2 N–H and O–H groups in total. The fraction of sp³-hybridized carbons (Fsp3) is 0.412. The van der Waals surface area contributed by atoms with E-state index in [1.807, 2.05) is 19.4 Å². The van der Waals surface area contributed by atoms with Gasteiger partial charge in [0.15, 0.2) is 0 Å². The molecule has 0 saturated heterocycles. The highest BCUT2D eigenvalue weighted by Gasteiger charge is 2.12. The van der Waals surface area contributed by atoms with Gasteiger partial charge in [-0.2, -0.15) is 10.2 Å². The second-order valence-corrected chi connectivity index (χ2v) is 6.37. The van der Waals surface area contributed by atoms with Gasteiger partial charge in [-0.1, -0.05) is 13.8 Å². The molecule has 0 unspecified atom stereocenters. The largest absolute Gasteiger partial charge is 0.350 e. The maximum Gasteiger partial charge on any atom is 0.271 e. The highest BCUT2D eigenvalue weighted by Crippen LogP contribution is 2.13. The van der Waals surface area contributed by atoms with Crippen LogP contribution in [0.1, 0.15) is 47.3 Å². The van der Waals surface area contributed by atoms with Gasteiger partial charge in [0.25, 0.3) is 5.91 Å². The van der Waals surface area contributed by atoms with Crippen molar-refractivity contribution in [3.8, 4) is 0 Å². The molecule has 0 spiro atoms. The Morgan fingerprint density at radius 2 is 2.24 bits per heavy atom. The second kappa shape index (κ2) is 7.33. The predicted molar refractivity (Wildman–Crippen MR) is 93.3 cm³/mol. The summed E-state index contributed by atoms with van der Waals surface area (Å²) >= 11 is 0. The number of hydrogen-bond acceptors (Lipinski definition) is 4. The van der Waals surface area contributed by atoms with E-state index in [0.717, 1.165) is 23.5 Å². The molecule has 0 atom stereocenters. The quantitative estimate of drug-likeness (QED) is 0.681. The summed E-state index contributed by atoms with van der Waals surface area (Å²) < 4.78 is 3.81. The van der Waals surface area contributed by atoms with Crippen molar-refractivity contribution < 1.29 is 4.79 Å². The Morgan fingerprint density at radius 1 is 1.40 bits per heavy atom. The van der Waals surface area contributed by atoms with Gasteiger partial charge in [0, 0.05) is 38.1 Å². The lowest BCUT2D eigenvalue weighted by Crippen LogP contribution is -2.25. The Labute approximate surface area is 146 Å². The summed E-state index contributed by atoms with van der Waals surface area (Å²) in [7, 11) is 1.87. The van der Waals surface area contributed by atoms with Crippen LogP contribution in [0.3, 0.4) is 0 Å². The average molecular weight is 341 g/mol. The minimum atomic E-state index is -0.180. The number of aromatic amines is 1. The monoisotopic (exact) mass is 341 g/mol. The third kappa shape index (κ3) is 4.14. The van der Waals surface area contributed by atoms with Crippen LogP contribution in [0.25, 0.3) is 0 Å². The number of imidazole rings is 1. The topological polar surface area (TPSA) is 93.4 Å². The number of aromatic nitrogens is 6. The molecule has 132 valence electrons. The van der Waals surface area contributed by atoms with Crippen LogP contribution in [0, 0.1) is 0 Å². The Morgan fingerprint density at radius 3 is 2.96 bits per heavy atom. The molecule has 3 rings (SSSR count). The molecule has 0 aliphatic rings. The second-order valence-electron chi connectivity index (χ2n) is 6.37. The smallest absolute Gasteiger partial charge is 0.271 e. The van der Waals surface area contributed by atoms with E-state index in [-0.39, 0.29) is 5.91 Å². The molecule has 8 heteroatoms. The maximum absolute atomic E-state index is 12.2. The summed E-state index contributed by atoms with van der Waals surface area (Å²) in [6, 6.07) is 1.78. The minimum absolute atomic E-state index is 0.180. The van der Waals surface area contributed by atoms with Crippen LogP contribution >= 0.6 is 0 Å². The van der Waals surface area contributed by atoms with E-state index in [2.05, 4.69) is 44.0 Å². The number of aryl methyl sites for hydroxylation is 1. The van der Waals surface area contributed by atoms with Crippen molar-refractivity contribution in [2.45, 2.75) is 32.7 Å². The highest BCUT2D eigenvalue weighted by molar-refractivity contribution is 5.92. The molecule has 8 nitrogen and oxygen atoms in total. The van der Waals surface area contributed by atoms with Crippen molar-refractivity contribution in [2.24, 2.45) is 7.05 Å². The molecule has 0 bridgehead atoms. The van der Waals surface area contributed by atoms with Crippen molar-refractivity contribution in [3.63, 3.8) is 0 Å². The van der Waals surface area contributed by atoms with Crippen molar-refractivity contribution in [3.05, 3.63) is 53.6 Å². The number of carbonyl (C=O) groups is 1. The SMILES string of the molecule is CC(C)c1nccn1Cc1cc(C(=O)NCCc2cnn(C)c2)n[nH]1. The zero-order valence-corrected chi connectivity index (χ0v) is 14.7. The third-order valence-electron chi connectivity index (χ3n) is 3.93. The molecule has 3 heterocycles. The Kier molecular flexibility index (Phi) is 4.97. The lowest BCUT2D eigenvalue weighted by molar-refractivity contribution is 0.0949. The van der Waals surface area contributed by atoms with Crippen LogP contribution < -0.4 is 5.32 Å². The Balaban J connectivity index is 1.55. The number of nitrogens with one attached hydrogen (secondary N) is 2. The average Bonchev–Trinajstić information content (AvgIpc) is 3.29. The Bertz CT molecular complexity index is 843. The fourth-order valence-corrected chi connectivity index (χ4v) is 2.71. The number of hydrogen-bond donors (Lipinski definition) is 2. The molecule has 0 aliphatic heterocycles. The van der Waals surface area contributed by atoms with Gasteiger partial charge in [-0.25, -0.2) is 4.98 Å². The Hall–Kier alpha value is -2.90. The molecule has 0 saturated carbocycles. The lowest BCUT2D eigenvalue weighted by Gasteiger charge is -2.08. The molecule has 0 aromatic carbocycles. The van der Waals surface area contributed by atoms with Crippen LogP contribution in [0.4, 0.5) is 0 Å². The standard InChI is InChI=1S/C17H23N7O/c1-12(2)16-18-6-7-24(16)11-14-8-15(22-21-14)17(25)19-5-4-13-9-20-23(3)10-13/h6-10,12H,4-5,11H2,1-3H3,(H,19,25)(H,21,22). The molecule has 0 fully saturated rings. The summed E-state index contributed by atoms with van der Waals surface area (Å²) in [5.74, 6) is 1.17. The summed E-state index contributed by atoms with van der Waals surface area (Å²) in [4.78, 5) is 16.6.